The molecule has 148 valence electrons. The fourth-order valence-corrected chi connectivity index (χ4v) is 3.89. The molecule has 0 fully saturated rings. The van der Waals surface area contributed by atoms with Crippen molar-refractivity contribution in [2.24, 2.45) is 0 Å². The highest BCUT2D eigenvalue weighted by molar-refractivity contribution is 5.50. The van der Waals surface area contributed by atoms with E-state index in [-0.39, 0.29) is 11.6 Å². The zero-order valence-electron chi connectivity index (χ0n) is 16.8. The lowest BCUT2D eigenvalue weighted by molar-refractivity contribution is -0.384. The van der Waals surface area contributed by atoms with Crippen LogP contribution in [0.1, 0.15) is 43.0 Å². The van der Waals surface area contributed by atoms with Gasteiger partial charge in [0.1, 0.15) is 5.60 Å². The highest BCUT2D eigenvalue weighted by Crippen LogP contribution is 2.48. The second-order valence-electron chi connectivity index (χ2n) is 7.77. The molecule has 1 aromatic heterocycles. The Morgan fingerprint density at radius 1 is 1.24 bits per heavy atom. The first-order valence-electron chi connectivity index (χ1n) is 9.54. The topological polar surface area (TPSA) is 70.2 Å². The number of benzene rings is 2. The lowest BCUT2D eigenvalue weighted by Gasteiger charge is -2.39. The average molecular weight is 389 g/mol. The first-order chi connectivity index (χ1) is 13.8. The summed E-state index contributed by atoms with van der Waals surface area (Å²) in [5.74, 6) is 0.787. The molecule has 0 saturated heterocycles. The van der Waals surface area contributed by atoms with E-state index in [4.69, 9.17) is 9.84 Å². The molecule has 0 aliphatic carbocycles. The summed E-state index contributed by atoms with van der Waals surface area (Å²) in [6.45, 7) is 10.2. The van der Waals surface area contributed by atoms with Crippen molar-refractivity contribution < 1.29 is 9.66 Å². The number of non-ortho nitro benzene ring substituents is 1. The molecule has 2 atom stereocenters. The van der Waals surface area contributed by atoms with E-state index >= 15 is 0 Å². The number of aryl methyl sites for hydroxylation is 1. The standard InChI is InChI=1S/C23H23N3O3/c1-15(2)23(4)14-20(17-8-6-5-7-9-17)21-16(3)24-25(22(21)29-23)18-10-12-19(13-11-18)26(27)28/h5-13,20H,1,14H2,2-4H3/t20-,23-/m1/s1. The van der Waals surface area contributed by atoms with E-state index in [1.807, 2.05) is 32.0 Å². The first-order valence-corrected chi connectivity index (χ1v) is 9.54. The molecule has 0 saturated carbocycles. The predicted octanol–water partition coefficient (Wildman–Crippen LogP) is 5.34. The Bertz CT molecular complexity index is 1090. The molecule has 0 amide bonds. The van der Waals surface area contributed by atoms with Gasteiger partial charge in [0.25, 0.3) is 5.69 Å². The number of nitrogens with zero attached hydrogens (tertiary/aromatic N) is 3. The Hall–Kier alpha value is -3.41. The zero-order valence-corrected chi connectivity index (χ0v) is 16.8. The van der Waals surface area contributed by atoms with Crippen molar-refractivity contribution in [3.05, 3.63) is 93.7 Å². The van der Waals surface area contributed by atoms with E-state index in [1.165, 1.54) is 17.7 Å². The average Bonchev–Trinajstić information content (AvgIpc) is 3.04. The molecule has 4 rings (SSSR count). The van der Waals surface area contributed by atoms with Crippen LogP contribution >= 0.6 is 0 Å². The molecule has 0 spiro atoms. The number of ether oxygens (including phenoxy) is 1. The van der Waals surface area contributed by atoms with Crippen molar-refractivity contribution in [3.63, 3.8) is 0 Å². The Kier molecular flexibility index (Phi) is 4.49. The summed E-state index contributed by atoms with van der Waals surface area (Å²) in [5.41, 5.74) is 4.30. The van der Waals surface area contributed by atoms with Gasteiger partial charge in [-0.1, -0.05) is 36.9 Å². The van der Waals surface area contributed by atoms with Gasteiger partial charge in [0.15, 0.2) is 0 Å². The van der Waals surface area contributed by atoms with Gasteiger partial charge in [0.2, 0.25) is 5.88 Å². The second kappa shape index (κ2) is 6.88. The number of hydrogen-bond donors (Lipinski definition) is 0. The molecule has 2 aromatic carbocycles. The van der Waals surface area contributed by atoms with E-state index in [1.54, 1.807) is 16.8 Å². The summed E-state index contributed by atoms with van der Waals surface area (Å²) in [6.07, 6.45) is 0.770. The van der Waals surface area contributed by atoms with Crippen molar-refractivity contribution in [3.8, 4) is 11.6 Å². The van der Waals surface area contributed by atoms with Crippen LogP contribution in [0, 0.1) is 17.0 Å². The number of nitro benzene ring substituents is 1. The van der Waals surface area contributed by atoms with Crippen LogP contribution in [0.4, 0.5) is 5.69 Å². The van der Waals surface area contributed by atoms with Crippen molar-refractivity contribution in [2.45, 2.75) is 38.7 Å². The monoisotopic (exact) mass is 389 g/mol. The molecule has 29 heavy (non-hydrogen) atoms. The SMILES string of the molecule is C=C(C)[C@@]1(C)C[C@H](c2ccccc2)c2c(C)nn(-c3ccc([N+](=O)[O-])cc3)c2O1. The molecule has 1 aliphatic rings. The minimum Gasteiger partial charge on any atom is -0.466 e. The number of aromatic nitrogens is 2. The predicted molar refractivity (Wildman–Crippen MR) is 112 cm³/mol. The van der Waals surface area contributed by atoms with Crippen LogP contribution in [0.15, 0.2) is 66.7 Å². The largest absolute Gasteiger partial charge is 0.466 e. The van der Waals surface area contributed by atoms with Crippen molar-refractivity contribution in [1.82, 2.24) is 9.78 Å². The molecule has 3 aromatic rings. The summed E-state index contributed by atoms with van der Waals surface area (Å²) in [5, 5.41) is 15.7. The van der Waals surface area contributed by atoms with Crippen molar-refractivity contribution in [1.29, 1.82) is 0 Å². The molecule has 0 bridgehead atoms. The summed E-state index contributed by atoms with van der Waals surface area (Å²) in [7, 11) is 0. The van der Waals surface area contributed by atoms with Gasteiger partial charge in [-0.05, 0) is 44.0 Å². The van der Waals surface area contributed by atoms with Gasteiger partial charge < -0.3 is 4.74 Å². The molecular weight excluding hydrogens is 366 g/mol. The van der Waals surface area contributed by atoms with Gasteiger partial charge in [0.05, 0.1) is 16.3 Å². The van der Waals surface area contributed by atoms with Gasteiger partial charge in [-0.3, -0.25) is 10.1 Å². The van der Waals surface area contributed by atoms with Crippen LogP contribution in [0.3, 0.4) is 0 Å². The van der Waals surface area contributed by atoms with E-state index < -0.39 is 10.5 Å². The Morgan fingerprint density at radius 3 is 2.48 bits per heavy atom. The number of hydrogen-bond acceptors (Lipinski definition) is 4. The third-order valence-electron chi connectivity index (χ3n) is 5.74. The van der Waals surface area contributed by atoms with E-state index in [9.17, 15) is 10.1 Å². The zero-order chi connectivity index (χ0) is 20.8. The molecular formula is C23H23N3O3. The maximum atomic E-state index is 11.0. The van der Waals surface area contributed by atoms with Crippen LogP contribution in [-0.2, 0) is 0 Å². The third-order valence-corrected chi connectivity index (χ3v) is 5.74. The smallest absolute Gasteiger partial charge is 0.269 e. The van der Waals surface area contributed by atoms with Crippen LogP contribution in [-0.4, -0.2) is 20.3 Å². The van der Waals surface area contributed by atoms with E-state index in [0.717, 1.165) is 28.9 Å². The molecule has 0 radical (unpaired) electrons. The van der Waals surface area contributed by atoms with E-state index in [2.05, 4.69) is 25.6 Å². The van der Waals surface area contributed by atoms with Crippen molar-refractivity contribution in [2.75, 3.05) is 0 Å². The summed E-state index contributed by atoms with van der Waals surface area (Å²) in [4.78, 5) is 10.6. The fraction of sp³-hybridized carbons (Fsp3) is 0.261. The van der Waals surface area contributed by atoms with Crippen LogP contribution < -0.4 is 4.74 Å². The quantitative estimate of drug-likeness (QED) is 0.343. The minimum absolute atomic E-state index is 0.0429. The van der Waals surface area contributed by atoms with Gasteiger partial charge in [-0.25, -0.2) is 4.68 Å². The lowest BCUT2D eigenvalue weighted by atomic mass is 9.77. The number of fused-ring (bicyclic) bond motifs is 1. The Labute approximate surface area is 169 Å². The fourth-order valence-electron chi connectivity index (χ4n) is 3.89. The molecule has 2 heterocycles. The van der Waals surface area contributed by atoms with Gasteiger partial charge in [-0.15, -0.1) is 0 Å². The van der Waals surface area contributed by atoms with Crippen LogP contribution in [0.25, 0.3) is 5.69 Å². The maximum Gasteiger partial charge on any atom is 0.269 e. The van der Waals surface area contributed by atoms with Crippen LogP contribution in [0.5, 0.6) is 5.88 Å². The normalized spacial score (nSPS) is 20.6. The molecule has 6 heteroatoms. The van der Waals surface area contributed by atoms with Crippen LogP contribution in [0.2, 0.25) is 0 Å². The summed E-state index contributed by atoms with van der Waals surface area (Å²) < 4.78 is 8.22. The molecule has 0 unspecified atom stereocenters. The van der Waals surface area contributed by atoms with Crippen molar-refractivity contribution >= 4 is 5.69 Å². The minimum atomic E-state index is -0.543. The highest BCUT2D eigenvalue weighted by Gasteiger charge is 2.42. The molecule has 6 nitrogen and oxygen atoms in total. The highest BCUT2D eigenvalue weighted by atomic mass is 16.6. The van der Waals surface area contributed by atoms with E-state index in [0.29, 0.717) is 5.88 Å². The summed E-state index contributed by atoms with van der Waals surface area (Å²) in [6, 6.07) is 16.7. The third kappa shape index (κ3) is 3.20. The Morgan fingerprint density at radius 2 is 1.90 bits per heavy atom. The lowest BCUT2D eigenvalue weighted by Crippen LogP contribution is -2.39. The van der Waals surface area contributed by atoms with Gasteiger partial charge >= 0.3 is 0 Å². The number of rotatable bonds is 4. The first kappa shape index (κ1) is 18.9. The number of nitro groups is 1. The summed E-state index contributed by atoms with van der Waals surface area (Å²) >= 11 is 0. The van der Waals surface area contributed by atoms with Gasteiger partial charge in [0, 0.05) is 30.0 Å². The molecule has 1 aliphatic heterocycles. The second-order valence-corrected chi connectivity index (χ2v) is 7.77. The maximum absolute atomic E-state index is 11.0. The van der Waals surface area contributed by atoms with Gasteiger partial charge in [-0.2, -0.15) is 5.10 Å². The molecule has 0 N–H and O–H groups in total. The Balaban J connectivity index is 1.88.